The van der Waals surface area contributed by atoms with Gasteiger partial charge in [-0.1, -0.05) is 34.6 Å². The summed E-state index contributed by atoms with van der Waals surface area (Å²) in [4.78, 5) is 59.8. The minimum absolute atomic E-state index is 0.147. The van der Waals surface area contributed by atoms with Crippen LogP contribution in [0.4, 0.5) is 0 Å². The molecule has 0 saturated heterocycles. The predicted molar refractivity (Wildman–Crippen MR) is 115 cm³/mol. The third kappa shape index (κ3) is 3.93. The smallest absolute Gasteiger partial charge is 0.255 e. The lowest BCUT2D eigenvalue weighted by Gasteiger charge is -2.18. The molecular formula is C24H16N2O6. The minimum atomic E-state index is -0.598. The highest BCUT2D eigenvalue weighted by atomic mass is 16.7. The molecule has 0 atom stereocenters. The molecule has 0 heterocycles. The zero-order valence-electron chi connectivity index (χ0n) is 17.1. The van der Waals surface area contributed by atoms with Crippen LogP contribution in [0.2, 0.25) is 0 Å². The van der Waals surface area contributed by atoms with Crippen molar-refractivity contribution < 1.29 is 28.9 Å². The highest BCUT2D eigenvalue weighted by molar-refractivity contribution is 6.25. The van der Waals surface area contributed by atoms with Gasteiger partial charge in [-0.2, -0.15) is 0 Å². The first-order valence-electron chi connectivity index (χ1n) is 9.59. The molecule has 0 N–H and O–H groups in total. The Hall–Kier alpha value is -4.46. The highest BCUT2D eigenvalue weighted by Crippen LogP contribution is 2.28. The number of hydrogen-bond acceptors (Lipinski definition) is 8. The van der Waals surface area contributed by atoms with Gasteiger partial charge in [0, 0.05) is 11.1 Å². The van der Waals surface area contributed by atoms with Crippen molar-refractivity contribution in [2.75, 3.05) is 0 Å². The second kappa shape index (κ2) is 8.35. The number of oxime groups is 2. The van der Waals surface area contributed by atoms with Crippen LogP contribution in [0.25, 0.3) is 0 Å². The quantitative estimate of drug-likeness (QED) is 0.538. The van der Waals surface area contributed by atoms with Crippen molar-refractivity contribution in [3.8, 4) is 0 Å². The van der Waals surface area contributed by atoms with Crippen LogP contribution in [0.15, 0.2) is 93.7 Å². The first-order valence-corrected chi connectivity index (χ1v) is 9.59. The maximum atomic E-state index is 13.0. The normalized spacial score (nSPS) is 20.6. The summed E-state index contributed by atoms with van der Waals surface area (Å²) >= 11 is 0. The lowest BCUT2D eigenvalue weighted by Crippen LogP contribution is -2.24. The van der Waals surface area contributed by atoms with Crippen LogP contribution in [0.5, 0.6) is 0 Å². The fourth-order valence-corrected chi connectivity index (χ4v) is 3.15. The van der Waals surface area contributed by atoms with Crippen LogP contribution in [0, 0.1) is 0 Å². The van der Waals surface area contributed by atoms with Gasteiger partial charge in [-0.25, -0.2) is 0 Å². The number of allylic oxidation sites excluding steroid dienone is 10. The average Bonchev–Trinajstić information content (AvgIpc) is 2.76. The van der Waals surface area contributed by atoms with E-state index in [0.717, 1.165) is 0 Å². The van der Waals surface area contributed by atoms with Gasteiger partial charge >= 0.3 is 0 Å². The van der Waals surface area contributed by atoms with Crippen molar-refractivity contribution >= 4 is 34.6 Å². The van der Waals surface area contributed by atoms with Crippen molar-refractivity contribution in [1.29, 1.82) is 0 Å². The summed E-state index contributed by atoms with van der Waals surface area (Å²) in [5, 5.41) is 7.86. The number of carbonyl (C=O) groups excluding carboxylic acids is 4. The number of benzene rings is 1. The van der Waals surface area contributed by atoms with Gasteiger partial charge in [-0.3, -0.25) is 19.2 Å². The van der Waals surface area contributed by atoms with E-state index in [1.165, 1.54) is 48.6 Å². The number of rotatable bonds is 4. The number of hydrogen-bond donors (Lipinski definition) is 0. The summed E-state index contributed by atoms with van der Waals surface area (Å²) in [5.41, 5.74) is 1.99. The lowest BCUT2D eigenvalue weighted by molar-refractivity contribution is -0.111. The summed E-state index contributed by atoms with van der Waals surface area (Å²) in [7, 11) is 0. The molecule has 0 spiro atoms. The van der Waals surface area contributed by atoms with E-state index in [0.29, 0.717) is 22.6 Å². The van der Waals surface area contributed by atoms with Crippen LogP contribution >= 0.6 is 0 Å². The molecule has 32 heavy (non-hydrogen) atoms. The number of Topliss-reactive ketones (excluding diaryl/α,β-unsaturated/α-hetero) is 2. The molecule has 0 aromatic heterocycles. The van der Waals surface area contributed by atoms with Crippen molar-refractivity contribution in [2.45, 2.75) is 13.8 Å². The van der Waals surface area contributed by atoms with Crippen LogP contribution in [-0.2, 0) is 19.3 Å². The molecule has 4 rings (SSSR count). The Bertz CT molecular complexity index is 1200. The Morgan fingerprint density at radius 3 is 1.41 bits per heavy atom. The van der Waals surface area contributed by atoms with Gasteiger partial charge in [-0.15, -0.1) is 0 Å². The largest absolute Gasteiger partial charge is 0.348 e. The van der Waals surface area contributed by atoms with Crippen LogP contribution in [0.1, 0.15) is 34.6 Å². The molecule has 8 heteroatoms. The highest BCUT2D eigenvalue weighted by Gasteiger charge is 2.36. The molecule has 1 aromatic carbocycles. The summed E-state index contributed by atoms with van der Waals surface area (Å²) in [6.07, 6.45) is 8.24. The Morgan fingerprint density at radius 1 is 0.625 bits per heavy atom. The molecule has 158 valence electrons. The Balaban J connectivity index is 1.74. The molecular weight excluding hydrogens is 412 g/mol. The maximum absolute atomic E-state index is 13.0. The molecule has 8 nitrogen and oxygen atoms in total. The molecule has 0 fully saturated rings. The van der Waals surface area contributed by atoms with Crippen molar-refractivity contribution in [1.82, 2.24) is 0 Å². The minimum Gasteiger partial charge on any atom is -0.348 e. The Kier molecular flexibility index (Phi) is 5.43. The van der Waals surface area contributed by atoms with Crippen molar-refractivity contribution in [2.24, 2.45) is 10.3 Å². The average molecular weight is 428 g/mol. The van der Waals surface area contributed by atoms with E-state index < -0.39 is 23.1 Å². The zero-order chi connectivity index (χ0) is 22.8. The molecule has 0 bridgehead atoms. The third-order valence-corrected chi connectivity index (χ3v) is 4.84. The maximum Gasteiger partial charge on any atom is 0.255 e. The summed E-state index contributed by atoms with van der Waals surface area (Å²) in [6, 6.07) is 6.25. The number of nitrogens with zero attached hydrogens (tertiary/aromatic N) is 2. The van der Waals surface area contributed by atoms with Gasteiger partial charge in [0.05, 0.1) is 0 Å². The van der Waals surface area contributed by atoms with E-state index in [9.17, 15) is 19.2 Å². The first-order chi connectivity index (χ1) is 15.3. The second-order valence-electron chi connectivity index (χ2n) is 7.12. The third-order valence-electron chi connectivity index (χ3n) is 4.84. The van der Waals surface area contributed by atoms with E-state index in [1.54, 1.807) is 26.0 Å². The van der Waals surface area contributed by atoms with E-state index in [2.05, 4.69) is 10.3 Å². The van der Waals surface area contributed by atoms with Gasteiger partial charge < -0.3 is 9.68 Å². The number of fused-ring (bicyclic) bond motifs is 1. The van der Waals surface area contributed by atoms with Gasteiger partial charge in [0.1, 0.15) is 11.4 Å². The van der Waals surface area contributed by atoms with Gasteiger partial charge in [0.25, 0.3) is 11.5 Å². The molecule has 3 aliphatic carbocycles. The summed E-state index contributed by atoms with van der Waals surface area (Å²) < 4.78 is 0. The summed E-state index contributed by atoms with van der Waals surface area (Å²) in [5.74, 6) is -2.44. The van der Waals surface area contributed by atoms with E-state index in [1.807, 2.05) is 0 Å². The SMILES string of the molecule is CC1=CC(=O)C=C/C1=N/OC1=C(O/N=C2\C=CC(=O)C=C2C)C(=O)c2ccccc2C1=O. The molecule has 3 aliphatic rings. The van der Waals surface area contributed by atoms with Crippen LogP contribution < -0.4 is 0 Å². The fourth-order valence-electron chi connectivity index (χ4n) is 3.15. The molecule has 0 unspecified atom stereocenters. The Labute approximate surface area is 182 Å². The van der Waals surface area contributed by atoms with Crippen LogP contribution in [-0.4, -0.2) is 34.6 Å². The van der Waals surface area contributed by atoms with Crippen LogP contribution in [0.3, 0.4) is 0 Å². The topological polar surface area (TPSA) is 111 Å². The van der Waals surface area contributed by atoms with E-state index >= 15 is 0 Å². The molecule has 0 aliphatic heterocycles. The number of carbonyl (C=O) groups is 4. The van der Waals surface area contributed by atoms with Crippen molar-refractivity contribution in [3.05, 3.63) is 94.5 Å². The second-order valence-corrected chi connectivity index (χ2v) is 7.12. The van der Waals surface area contributed by atoms with Crippen molar-refractivity contribution in [3.63, 3.8) is 0 Å². The standard InChI is InChI=1S/C24H16N2O6/c1-13-11-15(27)7-9-19(13)25-31-23-21(29)17-5-3-4-6-18(17)22(30)24(23)32-26-20-10-8-16(28)12-14(20)2/h3-12H,1-2H3/b25-19-,26-20+. The molecule has 1 aromatic rings. The van der Waals surface area contributed by atoms with E-state index in [-0.39, 0.29) is 22.7 Å². The van der Waals surface area contributed by atoms with Gasteiger partial charge in [0.2, 0.25) is 11.6 Å². The number of ketones is 4. The molecule has 0 radical (unpaired) electrons. The first kappa shape index (κ1) is 20.8. The Morgan fingerprint density at radius 2 is 1.03 bits per heavy atom. The molecule has 0 saturated carbocycles. The van der Waals surface area contributed by atoms with Gasteiger partial charge in [0.15, 0.2) is 11.6 Å². The zero-order valence-corrected chi connectivity index (χ0v) is 17.1. The fraction of sp³-hybridized carbons (Fsp3) is 0.0833. The summed E-state index contributed by atoms with van der Waals surface area (Å²) in [6.45, 7) is 3.33. The molecule has 0 amide bonds. The monoisotopic (exact) mass is 428 g/mol. The lowest BCUT2D eigenvalue weighted by atomic mass is 9.92. The predicted octanol–water partition coefficient (Wildman–Crippen LogP) is 3.19. The van der Waals surface area contributed by atoms with E-state index in [4.69, 9.17) is 9.68 Å². The van der Waals surface area contributed by atoms with Gasteiger partial charge in [-0.05, 0) is 61.4 Å².